The molecule has 2 rings (SSSR count). The van der Waals surface area contributed by atoms with Crippen molar-refractivity contribution in [2.75, 3.05) is 6.54 Å². The van der Waals surface area contributed by atoms with Gasteiger partial charge in [-0.2, -0.15) is 0 Å². The number of rotatable bonds is 6. The van der Waals surface area contributed by atoms with Gasteiger partial charge in [-0.05, 0) is 56.1 Å². The Labute approximate surface area is 140 Å². The maximum Gasteiger partial charge on any atom is 0.0579 e. The summed E-state index contributed by atoms with van der Waals surface area (Å²) >= 11 is 9.79. The molecule has 0 aliphatic rings. The van der Waals surface area contributed by atoms with Crippen molar-refractivity contribution >= 4 is 27.5 Å². The Morgan fingerprint density at radius 3 is 2.76 bits per heavy atom. The third kappa shape index (κ3) is 4.80. The summed E-state index contributed by atoms with van der Waals surface area (Å²) in [5.74, 6) is 0. The molecule has 2 aromatic rings. The number of aromatic nitrogens is 1. The van der Waals surface area contributed by atoms with Crippen LogP contribution in [-0.4, -0.2) is 11.5 Å². The summed E-state index contributed by atoms with van der Waals surface area (Å²) in [4.78, 5) is 4.65. The number of aryl methyl sites for hydroxylation is 1. The molecule has 0 radical (unpaired) electrons. The normalized spacial score (nSPS) is 12.4. The molecule has 112 valence electrons. The number of nitrogens with zero attached hydrogens (tertiary/aromatic N) is 1. The molecule has 1 aromatic carbocycles. The van der Waals surface area contributed by atoms with Crippen molar-refractivity contribution in [2.45, 2.75) is 32.7 Å². The summed E-state index contributed by atoms with van der Waals surface area (Å²) in [6.07, 6.45) is 1.93. The molecule has 0 spiro atoms. The second-order valence-corrected chi connectivity index (χ2v) is 6.47. The highest BCUT2D eigenvalue weighted by molar-refractivity contribution is 9.10. The molecule has 0 bridgehead atoms. The van der Waals surface area contributed by atoms with E-state index in [1.165, 1.54) is 0 Å². The van der Waals surface area contributed by atoms with E-state index in [0.717, 1.165) is 45.8 Å². The molecule has 21 heavy (non-hydrogen) atoms. The summed E-state index contributed by atoms with van der Waals surface area (Å²) < 4.78 is 1.00. The van der Waals surface area contributed by atoms with Gasteiger partial charge in [0, 0.05) is 15.2 Å². The van der Waals surface area contributed by atoms with E-state index < -0.39 is 0 Å². The van der Waals surface area contributed by atoms with Gasteiger partial charge in [-0.25, -0.2) is 0 Å². The third-order valence-corrected chi connectivity index (χ3v) is 4.19. The molecule has 4 heteroatoms. The van der Waals surface area contributed by atoms with Gasteiger partial charge in [0.15, 0.2) is 0 Å². The van der Waals surface area contributed by atoms with Crippen molar-refractivity contribution in [1.29, 1.82) is 0 Å². The first-order chi connectivity index (χ1) is 10.1. The van der Waals surface area contributed by atoms with Crippen LogP contribution in [0.25, 0.3) is 0 Å². The molecule has 0 fully saturated rings. The van der Waals surface area contributed by atoms with E-state index in [1.807, 2.05) is 25.1 Å². The van der Waals surface area contributed by atoms with Crippen LogP contribution in [0.1, 0.15) is 36.3 Å². The number of nitrogens with one attached hydrogen (secondary N) is 1. The highest BCUT2D eigenvalue weighted by Gasteiger charge is 2.15. The van der Waals surface area contributed by atoms with Crippen LogP contribution in [-0.2, 0) is 6.42 Å². The fourth-order valence-corrected chi connectivity index (χ4v) is 3.02. The number of hydrogen-bond donors (Lipinski definition) is 1. The number of pyridine rings is 1. The first kappa shape index (κ1) is 16.5. The van der Waals surface area contributed by atoms with Crippen LogP contribution in [0, 0.1) is 6.92 Å². The summed E-state index contributed by atoms with van der Waals surface area (Å²) in [7, 11) is 0. The Balaban J connectivity index is 2.23. The maximum absolute atomic E-state index is 6.35. The second-order valence-electron chi connectivity index (χ2n) is 5.15. The second kappa shape index (κ2) is 7.92. The topological polar surface area (TPSA) is 24.9 Å². The molecule has 0 aliphatic carbocycles. The molecular formula is C17H20BrClN2. The average Bonchev–Trinajstić information content (AvgIpc) is 2.45. The van der Waals surface area contributed by atoms with E-state index in [2.05, 4.69) is 51.4 Å². The van der Waals surface area contributed by atoms with Crippen LogP contribution < -0.4 is 5.32 Å². The van der Waals surface area contributed by atoms with Crippen LogP contribution in [0.4, 0.5) is 0 Å². The zero-order chi connectivity index (χ0) is 15.2. The molecule has 1 aromatic heterocycles. The van der Waals surface area contributed by atoms with Gasteiger partial charge in [0.1, 0.15) is 0 Å². The number of halogens is 2. The molecule has 2 nitrogen and oxygen atoms in total. The monoisotopic (exact) mass is 366 g/mol. The molecular weight excluding hydrogens is 348 g/mol. The fourth-order valence-electron chi connectivity index (χ4n) is 2.27. The van der Waals surface area contributed by atoms with Crippen molar-refractivity contribution in [3.63, 3.8) is 0 Å². The quantitative estimate of drug-likeness (QED) is 0.769. The standard InChI is InChI=1S/C17H20BrClN2/c1-3-9-20-17(16-6-4-5-12(2)21-16)10-13-7-8-14(18)11-15(13)19/h4-8,11,17,20H,3,9-10H2,1-2H3. The van der Waals surface area contributed by atoms with Crippen molar-refractivity contribution < 1.29 is 0 Å². The molecule has 1 heterocycles. The Hall–Kier alpha value is -0.900. The lowest BCUT2D eigenvalue weighted by Gasteiger charge is -2.19. The van der Waals surface area contributed by atoms with Gasteiger partial charge in [-0.15, -0.1) is 0 Å². The van der Waals surface area contributed by atoms with E-state index in [0.29, 0.717) is 0 Å². The molecule has 0 amide bonds. The van der Waals surface area contributed by atoms with E-state index >= 15 is 0 Å². The van der Waals surface area contributed by atoms with Gasteiger partial charge in [0.2, 0.25) is 0 Å². The van der Waals surface area contributed by atoms with Gasteiger partial charge in [0.25, 0.3) is 0 Å². The van der Waals surface area contributed by atoms with Crippen LogP contribution >= 0.6 is 27.5 Å². The fraction of sp³-hybridized carbons (Fsp3) is 0.353. The Morgan fingerprint density at radius 2 is 2.10 bits per heavy atom. The van der Waals surface area contributed by atoms with E-state index in [-0.39, 0.29) is 6.04 Å². The predicted octanol–water partition coefficient (Wildman–Crippen LogP) is 5.09. The lowest BCUT2D eigenvalue weighted by molar-refractivity contribution is 0.517. The Kier molecular flexibility index (Phi) is 6.22. The van der Waals surface area contributed by atoms with Gasteiger partial charge in [-0.1, -0.05) is 46.6 Å². The van der Waals surface area contributed by atoms with E-state index in [1.54, 1.807) is 0 Å². The predicted molar refractivity (Wildman–Crippen MR) is 92.9 cm³/mol. The smallest absolute Gasteiger partial charge is 0.0579 e. The highest BCUT2D eigenvalue weighted by Crippen LogP contribution is 2.26. The lowest BCUT2D eigenvalue weighted by atomic mass is 10.0. The SMILES string of the molecule is CCCNC(Cc1ccc(Br)cc1Cl)c1cccc(C)n1. The van der Waals surface area contributed by atoms with Gasteiger partial charge in [-0.3, -0.25) is 4.98 Å². The van der Waals surface area contributed by atoms with Crippen molar-refractivity contribution in [1.82, 2.24) is 10.3 Å². The summed E-state index contributed by atoms with van der Waals surface area (Å²) in [6, 6.07) is 12.4. The minimum atomic E-state index is 0.184. The summed E-state index contributed by atoms with van der Waals surface area (Å²) in [5.41, 5.74) is 3.25. The van der Waals surface area contributed by atoms with Crippen molar-refractivity contribution in [3.05, 3.63) is 62.8 Å². The number of hydrogen-bond acceptors (Lipinski definition) is 2. The molecule has 1 N–H and O–H groups in total. The van der Waals surface area contributed by atoms with Crippen LogP contribution in [0.15, 0.2) is 40.9 Å². The largest absolute Gasteiger partial charge is 0.308 e. The zero-order valence-corrected chi connectivity index (χ0v) is 14.7. The van der Waals surface area contributed by atoms with Crippen LogP contribution in [0.2, 0.25) is 5.02 Å². The van der Waals surface area contributed by atoms with E-state index in [4.69, 9.17) is 11.6 Å². The third-order valence-electron chi connectivity index (χ3n) is 3.35. The first-order valence-corrected chi connectivity index (χ1v) is 8.38. The van der Waals surface area contributed by atoms with Gasteiger partial charge >= 0.3 is 0 Å². The average molecular weight is 368 g/mol. The molecule has 1 unspecified atom stereocenters. The summed E-state index contributed by atoms with van der Waals surface area (Å²) in [6.45, 7) is 5.15. The minimum absolute atomic E-state index is 0.184. The zero-order valence-electron chi connectivity index (χ0n) is 12.4. The Morgan fingerprint density at radius 1 is 1.29 bits per heavy atom. The minimum Gasteiger partial charge on any atom is -0.308 e. The van der Waals surface area contributed by atoms with Crippen molar-refractivity contribution in [2.24, 2.45) is 0 Å². The maximum atomic E-state index is 6.35. The van der Waals surface area contributed by atoms with Crippen LogP contribution in [0.3, 0.4) is 0 Å². The van der Waals surface area contributed by atoms with Gasteiger partial charge in [0.05, 0.1) is 11.7 Å². The molecule has 0 aliphatic heterocycles. The summed E-state index contributed by atoms with van der Waals surface area (Å²) in [5, 5.41) is 4.36. The Bertz CT molecular complexity index is 601. The molecule has 0 saturated carbocycles. The highest BCUT2D eigenvalue weighted by atomic mass is 79.9. The number of benzene rings is 1. The molecule has 1 atom stereocenters. The van der Waals surface area contributed by atoms with Crippen molar-refractivity contribution in [3.8, 4) is 0 Å². The van der Waals surface area contributed by atoms with Gasteiger partial charge < -0.3 is 5.32 Å². The van der Waals surface area contributed by atoms with E-state index in [9.17, 15) is 0 Å². The first-order valence-electron chi connectivity index (χ1n) is 7.21. The molecule has 0 saturated heterocycles. The lowest BCUT2D eigenvalue weighted by Crippen LogP contribution is -2.25. The van der Waals surface area contributed by atoms with Crippen LogP contribution in [0.5, 0.6) is 0 Å².